The van der Waals surface area contributed by atoms with Crippen LogP contribution in [0, 0.1) is 0 Å². The third-order valence-electron chi connectivity index (χ3n) is 7.97. The smallest absolute Gasteiger partial charge is 0.254 e. The van der Waals surface area contributed by atoms with Crippen LogP contribution in [0.2, 0.25) is 0 Å². The molecule has 1 aliphatic rings. The first-order valence-electron chi connectivity index (χ1n) is 14.8. The van der Waals surface area contributed by atoms with Crippen molar-refractivity contribution in [1.29, 1.82) is 0 Å². The second kappa shape index (κ2) is 14.6. The van der Waals surface area contributed by atoms with Crippen LogP contribution in [0.15, 0.2) is 109 Å². The fourth-order valence-electron chi connectivity index (χ4n) is 5.68. The first-order valence-corrected chi connectivity index (χ1v) is 14.8. The number of ether oxygens (including phenoxy) is 1. The Morgan fingerprint density at radius 2 is 1.58 bits per heavy atom. The molecule has 0 aromatic heterocycles. The SMILES string of the molecule is COc1cccc(CNCC(O)C(Cc2ccccc2)NC(=O)c2cccc(C(=O)N3CCCC3c3ccccc3)c2)c1. The molecule has 4 aromatic carbocycles. The number of amides is 2. The van der Waals surface area contributed by atoms with Crippen molar-refractivity contribution in [3.05, 3.63) is 137 Å². The normalized spacial score (nSPS) is 16.0. The van der Waals surface area contributed by atoms with E-state index in [9.17, 15) is 14.7 Å². The van der Waals surface area contributed by atoms with Gasteiger partial charge in [0.05, 0.1) is 25.3 Å². The largest absolute Gasteiger partial charge is 0.497 e. The fourth-order valence-corrected chi connectivity index (χ4v) is 5.68. The van der Waals surface area contributed by atoms with Gasteiger partial charge in [0.1, 0.15) is 5.75 Å². The highest BCUT2D eigenvalue weighted by molar-refractivity contribution is 6.00. The molecule has 2 amide bonds. The summed E-state index contributed by atoms with van der Waals surface area (Å²) in [5.41, 5.74) is 4.03. The van der Waals surface area contributed by atoms with Crippen molar-refractivity contribution < 1.29 is 19.4 Å². The molecule has 3 unspecified atom stereocenters. The van der Waals surface area contributed by atoms with E-state index in [1.54, 1.807) is 31.4 Å². The van der Waals surface area contributed by atoms with Crippen molar-refractivity contribution in [2.75, 3.05) is 20.2 Å². The number of aliphatic hydroxyl groups excluding tert-OH is 1. The first kappa shape index (κ1) is 30.0. The molecule has 7 heteroatoms. The zero-order chi connectivity index (χ0) is 30.0. The van der Waals surface area contributed by atoms with Gasteiger partial charge in [0, 0.05) is 30.8 Å². The second-order valence-corrected chi connectivity index (χ2v) is 11.0. The van der Waals surface area contributed by atoms with Crippen LogP contribution < -0.4 is 15.4 Å². The third kappa shape index (κ3) is 7.89. The molecule has 7 nitrogen and oxygen atoms in total. The summed E-state index contributed by atoms with van der Waals surface area (Å²) in [6.07, 6.45) is 1.47. The molecule has 0 spiro atoms. The van der Waals surface area contributed by atoms with Crippen molar-refractivity contribution in [3.63, 3.8) is 0 Å². The minimum absolute atomic E-state index is 0.0288. The van der Waals surface area contributed by atoms with Crippen LogP contribution in [0.25, 0.3) is 0 Å². The number of nitrogens with one attached hydrogen (secondary N) is 2. The van der Waals surface area contributed by atoms with E-state index in [0.717, 1.165) is 35.3 Å². The van der Waals surface area contributed by atoms with Crippen molar-refractivity contribution in [1.82, 2.24) is 15.5 Å². The summed E-state index contributed by atoms with van der Waals surface area (Å²) in [7, 11) is 1.63. The molecule has 3 atom stereocenters. The molecule has 0 bridgehead atoms. The highest BCUT2D eigenvalue weighted by Crippen LogP contribution is 2.33. The minimum atomic E-state index is -0.851. The van der Waals surface area contributed by atoms with E-state index < -0.39 is 12.1 Å². The average Bonchev–Trinajstić information content (AvgIpc) is 3.55. The summed E-state index contributed by atoms with van der Waals surface area (Å²) in [6.45, 7) is 1.51. The van der Waals surface area contributed by atoms with Gasteiger partial charge in [-0.25, -0.2) is 0 Å². The van der Waals surface area contributed by atoms with Gasteiger partial charge in [0.2, 0.25) is 0 Å². The van der Waals surface area contributed by atoms with Crippen LogP contribution in [0.4, 0.5) is 0 Å². The predicted octanol–water partition coefficient (Wildman–Crippen LogP) is 5.16. The van der Waals surface area contributed by atoms with Gasteiger partial charge >= 0.3 is 0 Å². The molecule has 0 saturated carbocycles. The van der Waals surface area contributed by atoms with Crippen molar-refractivity contribution >= 4 is 11.8 Å². The van der Waals surface area contributed by atoms with E-state index in [1.165, 1.54) is 0 Å². The van der Waals surface area contributed by atoms with Crippen LogP contribution in [-0.2, 0) is 13.0 Å². The molecule has 0 radical (unpaired) electrons. The van der Waals surface area contributed by atoms with Gasteiger partial charge in [-0.2, -0.15) is 0 Å². The Morgan fingerprint density at radius 1 is 0.884 bits per heavy atom. The number of benzene rings is 4. The fraction of sp³-hybridized carbons (Fsp3) is 0.278. The summed E-state index contributed by atoms with van der Waals surface area (Å²) < 4.78 is 5.30. The Labute approximate surface area is 253 Å². The van der Waals surface area contributed by atoms with Crippen LogP contribution in [0.1, 0.15) is 56.3 Å². The van der Waals surface area contributed by atoms with E-state index >= 15 is 0 Å². The highest BCUT2D eigenvalue weighted by Gasteiger charge is 2.31. The maximum atomic E-state index is 13.6. The summed E-state index contributed by atoms with van der Waals surface area (Å²) in [5, 5.41) is 17.5. The lowest BCUT2D eigenvalue weighted by molar-refractivity contribution is 0.0735. The lowest BCUT2D eigenvalue weighted by atomic mass is 10.00. The van der Waals surface area contributed by atoms with Crippen LogP contribution >= 0.6 is 0 Å². The number of carbonyl (C=O) groups is 2. The highest BCUT2D eigenvalue weighted by atomic mass is 16.5. The molecule has 4 aromatic rings. The Kier molecular flexibility index (Phi) is 10.2. The molecule has 1 heterocycles. The number of methoxy groups -OCH3 is 1. The zero-order valence-electron chi connectivity index (χ0n) is 24.5. The number of aliphatic hydroxyl groups is 1. The Morgan fingerprint density at radius 3 is 2.35 bits per heavy atom. The van der Waals surface area contributed by atoms with Crippen LogP contribution in [-0.4, -0.2) is 54.2 Å². The number of rotatable bonds is 12. The summed E-state index contributed by atoms with van der Waals surface area (Å²) in [6, 6.07) is 34.0. The average molecular weight is 578 g/mol. The van der Waals surface area contributed by atoms with Gasteiger partial charge in [0.15, 0.2) is 0 Å². The summed E-state index contributed by atoms with van der Waals surface area (Å²) in [5.74, 6) is 0.363. The molecule has 1 aliphatic heterocycles. The molecular weight excluding hydrogens is 538 g/mol. The second-order valence-electron chi connectivity index (χ2n) is 11.0. The van der Waals surface area contributed by atoms with Crippen molar-refractivity contribution in [2.45, 2.75) is 44.0 Å². The lowest BCUT2D eigenvalue weighted by Gasteiger charge is -2.26. The Bertz CT molecular complexity index is 1490. The third-order valence-corrected chi connectivity index (χ3v) is 7.97. The molecule has 3 N–H and O–H groups in total. The molecule has 222 valence electrons. The predicted molar refractivity (Wildman–Crippen MR) is 168 cm³/mol. The van der Waals surface area contributed by atoms with Crippen molar-refractivity contribution in [3.8, 4) is 5.75 Å². The topological polar surface area (TPSA) is 90.9 Å². The molecule has 43 heavy (non-hydrogen) atoms. The number of nitrogens with zero attached hydrogens (tertiary/aromatic N) is 1. The van der Waals surface area contributed by atoms with Crippen molar-refractivity contribution in [2.24, 2.45) is 0 Å². The molecular formula is C36H39N3O4. The molecule has 0 aliphatic carbocycles. The van der Waals surface area contributed by atoms with Gasteiger partial charge in [-0.3, -0.25) is 9.59 Å². The first-order chi connectivity index (χ1) is 21.0. The zero-order valence-corrected chi connectivity index (χ0v) is 24.5. The van der Waals surface area contributed by atoms with Gasteiger partial charge in [0.25, 0.3) is 11.8 Å². The van der Waals surface area contributed by atoms with E-state index in [4.69, 9.17) is 4.74 Å². The van der Waals surface area contributed by atoms with Gasteiger partial charge in [-0.15, -0.1) is 0 Å². The van der Waals surface area contributed by atoms with Gasteiger partial charge < -0.3 is 25.4 Å². The molecule has 1 saturated heterocycles. The van der Waals surface area contributed by atoms with E-state index in [2.05, 4.69) is 22.8 Å². The summed E-state index contributed by atoms with van der Waals surface area (Å²) in [4.78, 5) is 29.0. The van der Waals surface area contributed by atoms with E-state index in [1.807, 2.05) is 77.7 Å². The monoisotopic (exact) mass is 577 g/mol. The minimum Gasteiger partial charge on any atom is -0.497 e. The summed E-state index contributed by atoms with van der Waals surface area (Å²) >= 11 is 0. The number of hydrogen-bond donors (Lipinski definition) is 3. The molecule has 1 fully saturated rings. The number of hydrogen-bond acceptors (Lipinski definition) is 5. The Balaban J connectivity index is 1.27. The quantitative estimate of drug-likeness (QED) is 0.216. The number of carbonyl (C=O) groups excluding carboxylic acids is 2. The van der Waals surface area contributed by atoms with E-state index in [-0.39, 0.29) is 24.4 Å². The molecule has 5 rings (SSSR count). The Hall–Kier alpha value is -4.46. The van der Waals surface area contributed by atoms with Gasteiger partial charge in [-0.1, -0.05) is 78.9 Å². The number of likely N-dealkylation sites (tertiary alicyclic amines) is 1. The van der Waals surface area contributed by atoms with Crippen LogP contribution in [0.5, 0.6) is 5.75 Å². The lowest BCUT2D eigenvalue weighted by Crippen LogP contribution is -2.48. The van der Waals surface area contributed by atoms with Gasteiger partial charge in [-0.05, 0) is 66.3 Å². The maximum absolute atomic E-state index is 13.6. The van der Waals surface area contributed by atoms with E-state index in [0.29, 0.717) is 30.6 Å². The maximum Gasteiger partial charge on any atom is 0.254 e. The standard InChI is InChI=1S/C36H39N3O4/c1-43-31-18-8-13-27(21-31)24-37-25-34(40)32(22-26-11-4-2-5-12-26)38-35(41)29-16-9-17-30(23-29)36(42)39-20-10-19-33(39)28-14-6-3-7-15-28/h2-9,11-18,21,23,32-34,37,40H,10,19-20,22,24-25H2,1H3,(H,38,41). The van der Waals surface area contributed by atoms with Crippen LogP contribution in [0.3, 0.4) is 0 Å².